The molecule has 5 rings (SSSR count). The summed E-state index contributed by atoms with van der Waals surface area (Å²) in [4.78, 5) is 9.09. The van der Waals surface area contributed by atoms with Crippen LogP contribution in [0.5, 0.6) is 0 Å². The van der Waals surface area contributed by atoms with Gasteiger partial charge in [-0.1, -0.05) is 6.07 Å². The minimum atomic E-state index is -4.61. The van der Waals surface area contributed by atoms with Crippen molar-refractivity contribution in [3.05, 3.63) is 53.9 Å². The fourth-order valence-corrected chi connectivity index (χ4v) is 6.96. The van der Waals surface area contributed by atoms with Crippen molar-refractivity contribution in [2.24, 2.45) is 11.8 Å². The second-order valence-corrected chi connectivity index (χ2v) is 10.9. The van der Waals surface area contributed by atoms with Gasteiger partial charge in [0.25, 0.3) is 0 Å². The summed E-state index contributed by atoms with van der Waals surface area (Å²) in [6.45, 7) is 0.545. The summed E-state index contributed by atoms with van der Waals surface area (Å²) in [5.74, 6) is 0.198. The Kier molecular flexibility index (Phi) is 5.33. The molecule has 0 bridgehead atoms. The number of nitriles is 1. The lowest BCUT2D eigenvalue weighted by Crippen LogP contribution is -2.34. The zero-order valence-electron chi connectivity index (χ0n) is 18.2. The Balaban J connectivity index is 1.34. The fraction of sp³-hybridized carbons (Fsp3) is 0.391. The first-order valence-electron chi connectivity index (χ1n) is 10.9. The highest BCUT2D eigenvalue weighted by Crippen LogP contribution is 2.44. The van der Waals surface area contributed by atoms with E-state index in [2.05, 4.69) is 20.9 Å². The number of benzene rings is 1. The number of hydrogen-bond donors (Lipinski definition) is 1. The molecule has 1 aliphatic carbocycles. The third-order valence-corrected chi connectivity index (χ3v) is 8.90. The average Bonchev–Trinajstić information content (AvgIpc) is 3.52. The highest BCUT2D eigenvalue weighted by molar-refractivity contribution is 7.89. The third kappa shape index (κ3) is 3.71. The van der Waals surface area contributed by atoms with Gasteiger partial charge in [0, 0.05) is 44.0 Å². The summed E-state index contributed by atoms with van der Waals surface area (Å²) in [6.07, 6.45) is 0.175. The number of sulfonamides is 1. The lowest BCUT2D eigenvalue weighted by molar-refractivity contribution is -0.137. The molecule has 34 heavy (non-hydrogen) atoms. The van der Waals surface area contributed by atoms with Gasteiger partial charge in [0.05, 0.1) is 21.7 Å². The summed E-state index contributed by atoms with van der Waals surface area (Å²) in [7, 11) is -2.09. The molecule has 0 amide bonds. The Hall–Kier alpha value is -3.10. The quantitative estimate of drug-likeness (QED) is 0.598. The second-order valence-electron chi connectivity index (χ2n) is 8.98. The van der Waals surface area contributed by atoms with Crippen molar-refractivity contribution in [3.8, 4) is 6.07 Å². The maximum Gasteiger partial charge on any atom is 0.416 e. The van der Waals surface area contributed by atoms with Gasteiger partial charge in [-0.25, -0.2) is 13.4 Å². The number of fused-ring (bicyclic) bond motifs is 2. The van der Waals surface area contributed by atoms with Crippen LogP contribution < -0.4 is 4.90 Å². The van der Waals surface area contributed by atoms with Gasteiger partial charge in [-0.15, -0.1) is 0 Å². The van der Waals surface area contributed by atoms with Crippen LogP contribution in [0.3, 0.4) is 0 Å². The highest BCUT2D eigenvalue weighted by atomic mass is 32.2. The minimum Gasteiger partial charge on any atom is -0.370 e. The maximum atomic E-state index is 13.1. The van der Waals surface area contributed by atoms with Crippen molar-refractivity contribution in [3.63, 3.8) is 0 Å². The molecule has 1 N–H and O–H groups in total. The molecule has 2 unspecified atom stereocenters. The second kappa shape index (κ2) is 7.99. The van der Waals surface area contributed by atoms with Gasteiger partial charge in [0.15, 0.2) is 0 Å². The van der Waals surface area contributed by atoms with E-state index in [-0.39, 0.29) is 35.9 Å². The van der Waals surface area contributed by atoms with Crippen LogP contribution in [-0.2, 0) is 16.2 Å². The van der Waals surface area contributed by atoms with E-state index in [0.29, 0.717) is 17.3 Å². The molecule has 1 saturated heterocycles. The van der Waals surface area contributed by atoms with Crippen molar-refractivity contribution in [2.75, 3.05) is 25.0 Å². The lowest BCUT2D eigenvalue weighted by Gasteiger charge is -2.29. The van der Waals surface area contributed by atoms with E-state index in [9.17, 15) is 26.9 Å². The molecule has 7 nitrogen and oxygen atoms in total. The van der Waals surface area contributed by atoms with Crippen molar-refractivity contribution < 1.29 is 21.6 Å². The summed E-state index contributed by atoms with van der Waals surface area (Å²) in [5, 5.41) is 10.5. The third-order valence-electron chi connectivity index (χ3n) is 7.07. The van der Waals surface area contributed by atoms with Gasteiger partial charge in [-0.2, -0.15) is 22.7 Å². The predicted molar refractivity (Wildman–Crippen MR) is 119 cm³/mol. The molecule has 3 heterocycles. The minimum absolute atomic E-state index is 0.0992. The van der Waals surface area contributed by atoms with Gasteiger partial charge in [-0.05, 0) is 48.9 Å². The lowest BCUT2D eigenvalue weighted by atomic mass is 10.0. The Labute approximate surface area is 194 Å². The van der Waals surface area contributed by atoms with Crippen LogP contribution in [0.2, 0.25) is 0 Å². The van der Waals surface area contributed by atoms with Crippen LogP contribution in [-0.4, -0.2) is 48.9 Å². The number of aromatic amines is 1. The first kappa shape index (κ1) is 22.7. The summed E-state index contributed by atoms with van der Waals surface area (Å²) in [6, 6.07) is 8.11. The SMILES string of the molecule is CN(c1c(C#N)cnc2[nH]ccc12)C1CC2CN(S(=O)(=O)c3cccc(C(F)(F)F)c3)C[C@@H]2C1. The monoisotopic (exact) mass is 489 g/mol. The molecule has 178 valence electrons. The van der Waals surface area contributed by atoms with E-state index < -0.39 is 21.8 Å². The number of nitrogens with one attached hydrogen (secondary N) is 1. The van der Waals surface area contributed by atoms with Crippen molar-refractivity contribution in [2.45, 2.75) is 30.0 Å². The number of halogens is 3. The van der Waals surface area contributed by atoms with Crippen LogP contribution >= 0.6 is 0 Å². The molecule has 2 aromatic heterocycles. The van der Waals surface area contributed by atoms with Crippen LogP contribution in [0, 0.1) is 23.2 Å². The largest absolute Gasteiger partial charge is 0.416 e. The van der Waals surface area contributed by atoms with Gasteiger partial charge in [0.1, 0.15) is 11.7 Å². The van der Waals surface area contributed by atoms with Crippen molar-refractivity contribution in [1.82, 2.24) is 14.3 Å². The number of rotatable bonds is 4. The molecule has 11 heteroatoms. The summed E-state index contributed by atoms with van der Waals surface area (Å²) >= 11 is 0. The molecule has 3 atom stereocenters. The van der Waals surface area contributed by atoms with Crippen LogP contribution in [0.15, 0.2) is 47.6 Å². The van der Waals surface area contributed by atoms with Crippen LogP contribution in [0.1, 0.15) is 24.0 Å². The number of aromatic nitrogens is 2. The molecular formula is C23H22F3N5O2S. The van der Waals surface area contributed by atoms with Crippen LogP contribution in [0.25, 0.3) is 11.0 Å². The maximum absolute atomic E-state index is 13.1. The van der Waals surface area contributed by atoms with E-state index in [4.69, 9.17) is 0 Å². The molecule has 1 saturated carbocycles. The molecule has 2 aliphatic rings. The summed E-state index contributed by atoms with van der Waals surface area (Å²) in [5.41, 5.74) is 0.987. The number of hydrogen-bond acceptors (Lipinski definition) is 5. The van der Waals surface area contributed by atoms with Crippen molar-refractivity contribution >= 4 is 26.7 Å². The van der Waals surface area contributed by atoms with Crippen molar-refractivity contribution in [1.29, 1.82) is 5.26 Å². The van der Waals surface area contributed by atoms with Gasteiger partial charge in [-0.3, -0.25) is 0 Å². The summed E-state index contributed by atoms with van der Waals surface area (Å²) < 4.78 is 66.7. The first-order chi connectivity index (χ1) is 16.1. The first-order valence-corrected chi connectivity index (χ1v) is 12.3. The standard InChI is InChI=1S/C23H22F3N5O2S/c1-30(21-16(10-27)11-29-22-20(21)5-6-28-22)18-7-14-12-31(13-15(14)8-18)34(32,33)19-4-2-3-17(9-19)23(24,25)26/h2-6,9,11,14-15,18H,7-8,12-13H2,1H3,(H,28,29)/t14-,15?,18?/m0/s1. The number of alkyl halides is 3. The normalized spacial score (nSPS) is 23.2. The Morgan fingerprint density at radius 3 is 2.56 bits per heavy atom. The van der Waals surface area contributed by atoms with Gasteiger partial charge < -0.3 is 9.88 Å². The number of H-pyrrole nitrogens is 1. The van der Waals surface area contributed by atoms with E-state index >= 15 is 0 Å². The number of anilines is 1. The average molecular weight is 490 g/mol. The topological polar surface area (TPSA) is 93.1 Å². The van der Waals surface area contributed by atoms with Gasteiger partial charge >= 0.3 is 6.18 Å². The smallest absolute Gasteiger partial charge is 0.370 e. The molecular weight excluding hydrogens is 467 g/mol. The Bertz CT molecular complexity index is 1380. The zero-order chi connectivity index (χ0) is 24.3. The highest BCUT2D eigenvalue weighted by Gasteiger charge is 2.46. The predicted octanol–water partition coefficient (Wildman–Crippen LogP) is 3.99. The number of pyridine rings is 1. The molecule has 1 aromatic carbocycles. The van der Waals surface area contributed by atoms with E-state index in [1.807, 2.05) is 13.1 Å². The molecule has 0 spiro atoms. The Morgan fingerprint density at radius 2 is 1.91 bits per heavy atom. The molecule has 1 aliphatic heterocycles. The molecule has 2 fully saturated rings. The Morgan fingerprint density at radius 1 is 1.21 bits per heavy atom. The zero-order valence-corrected chi connectivity index (χ0v) is 19.1. The fourth-order valence-electron chi connectivity index (χ4n) is 5.36. The van der Waals surface area contributed by atoms with Crippen LogP contribution in [0.4, 0.5) is 18.9 Å². The number of nitrogens with zero attached hydrogens (tertiary/aromatic N) is 4. The van der Waals surface area contributed by atoms with E-state index in [0.717, 1.165) is 36.0 Å². The molecule has 3 aromatic rings. The van der Waals surface area contributed by atoms with E-state index in [1.54, 1.807) is 12.4 Å². The van der Waals surface area contributed by atoms with E-state index in [1.165, 1.54) is 10.4 Å². The molecule has 0 radical (unpaired) electrons. The van der Waals surface area contributed by atoms with Gasteiger partial charge in [0.2, 0.25) is 10.0 Å².